The zero-order valence-corrected chi connectivity index (χ0v) is 13.9. The molecule has 2 rings (SSSR count). The molecule has 0 aliphatic heterocycles. The van der Waals surface area contributed by atoms with Crippen LogP contribution in [0.5, 0.6) is 0 Å². The standard InChI is InChI=1S/C16H12Cl2F3NO2/c1-2-22-7-11(13(23)12(8-22)14(24)15(17)18)9-4-3-5-10(6-9)16(19,20)21/h3-8,15H,2H2,1H3. The van der Waals surface area contributed by atoms with E-state index >= 15 is 0 Å². The van der Waals surface area contributed by atoms with E-state index in [1.54, 1.807) is 6.92 Å². The summed E-state index contributed by atoms with van der Waals surface area (Å²) in [5.41, 5.74) is -1.82. The third kappa shape index (κ3) is 3.82. The number of hydrogen-bond donors (Lipinski definition) is 0. The van der Waals surface area contributed by atoms with Crippen LogP contribution in [0, 0.1) is 0 Å². The van der Waals surface area contributed by atoms with Crippen LogP contribution in [0.15, 0.2) is 41.5 Å². The summed E-state index contributed by atoms with van der Waals surface area (Å²) >= 11 is 11.1. The molecule has 1 aromatic heterocycles. The molecular weight excluding hydrogens is 366 g/mol. The lowest BCUT2D eigenvalue weighted by Gasteiger charge is -2.12. The van der Waals surface area contributed by atoms with Crippen molar-refractivity contribution in [2.75, 3.05) is 0 Å². The van der Waals surface area contributed by atoms with E-state index in [0.717, 1.165) is 12.1 Å². The third-order valence-electron chi connectivity index (χ3n) is 3.41. The SMILES string of the molecule is CCn1cc(C(=O)C(Cl)Cl)c(=O)c(-c2cccc(C(F)(F)F)c2)c1. The largest absolute Gasteiger partial charge is 0.416 e. The van der Waals surface area contributed by atoms with Gasteiger partial charge in [0.2, 0.25) is 5.78 Å². The molecule has 0 bridgehead atoms. The van der Waals surface area contributed by atoms with Gasteiger partial charge in [-0.15, -0.1) is 0 Å². The van der Waals surface area contributed by atoms with Crippen molar-refractivity contribution in [3.63, 3.8) is 0 Å². The Morgan fingerprint density at radius 1 is 1.25 bits per heavy atom. The van der Waals surface area contributed by atoms with Crippen LogP contribution in [0.3, 0.4) is 0 Å². The Morgan fingerprint density at radius 3 is 2.46 bits per heavy atom. The average molecular weight is 378 g/mol. The summed E-state index contributed by atoms with van der Waals surface area (Å²) in [5.74, 6) is -0.792. The number of hydrogen-bond acceptors (Lipinski definition) is 2. The van der Waals surface area contributed by atoms with Crippen LogP contribution in [0.4, 0.5) is 13.2 Å². The first-order valence-corrected chi connectivity index (χ1v) is 7.76. The van der Waals surface area contributed by atoms with Crippen molar-refractivity contribution in [3.8, 4) is 11.1 Å². The Bertz CT molecular complexity index is 829. The second-order valence-electron chi connectivity index (χ2n) is 4.99. The van der Waals surface area contributed by atoms with Gasteiger partial charge in [-0.2, -0.15) is 13.2 Å². The molecule has 0 aliphatic rings. The highest BCUT2D eigenvalue weighted by Crippen LogP contribution is 2.31. The summed E-state index contributed by atoms with van der Waals surface area (Å²) in [6, 6.07) is 4.35. The number of aromatic nitrogens is 1. The van der Waals surface area contributed by atoms with Crippen LogP contribution in [0.1, 0.15) is 22.8 Å². The first kappa shape index (κ1) is 18.5. The van der Waals surface area contributed by atoms with Crippen molar-refractivity contribution in [2.24, 2.45) is 0 Å². The summed E-state index contributed by atoms with van der Waals surface area (Å²) in [7, 11) is 0. The van der Waals surface area contributed by atoms with Crippen molar-refractivity contribution < 1.29 is 18.0 Å². The van der Waals surface area contributed by atoms with E-state index in [9.17, 15) is 22.8 Å². The lowest BCUT2D eigenvalue weighted by atomic mass is 10.0. The molecule has 0 radical (unpaired) electrons. The molecule has 1 aromatic carbocycles. The smallest absolute Gasteiger partial charge is 0.353 e. The summed E-state index contributed by atoms with van der Waals surface area (Å²) in [6.45, 7) is 2.16. The van der Waals surface area contributed by atoms with E-state index in [-0.39, 0.29) is 16.7 Å². The number of benzene rings is 1. The molecule has 0 amide bonds. The third-order valence-corrected chi connectivity index (χ3v) is 3.81. The molecule has 0 atom stereocenters. The second-order valence-corrected chi connectivity index (χ2v) is 6.08. The highest BCUT2D eigenvalue weighted by Gasteiger charge is 2.31. The van der Waals surface area contributed by atoms with Crippen molar-refractivity contribution in [2.45, 2.75) is 24.5 Å². The van der Waals surface area contributed by atoms with E-state index < -0.39 is 27.8 Å². The van der Waals surface area contributed by atoms with Crippen molar-refractivity contribution in [1.82, 2.24) is 4.57 Å². The van der Waals surface area contributed by atoms with Gasteiger partial charge in [0.25, 0.3) is 0 Å². The van der Waals surface area contributed by atoms with Crippen LogP contribution >= 0.6 is 23.2 Å². The molecule has 1 heterocycles. The molecule has 0 spiro atoms. The Morgan fingerprint density at radius 2 is 1.92 bits per heavy atom. The number of rotatable bonds is 4. The maximum atomic E-state index is 12.9. The monoisotopic (exact) mass is 377 g/mol. The fourth-order valence-corrected chi connectivity index (χ4v) is 2.41. The Labute approximate surface area is 145 Å². The number of nitrogens with zero attached hydrogens (tertiary/aromatic N) is 1. The Kier molecular flexibility index (Phi) is 5.40. The van der Waals surface area contributed by atoms with E-state index in [1.807, 2.05) is 0 Å². The van der Waals surface area contributed by atoms with Gasteiger partial charge in [0.15, 0.2) is 10.3 Å². The van der Waals surface area contributed by atoms with Crippen LogP contribution in [-0.4, -0.2) is 15.2 Å². The number of ketones is 1. The summed E-state index contributed by atoms with van der Waals surface area (Å²) in [4.78, 5) is 23.1. The van der Waals surface area contributed by atoms with Gasteiger partial charge in [0.05, 0.1) is 11.1 Å². The van der Waals surface area contributed by atoms with Gasteiger partial charge >= 0.3 is 6.18 Å². The summed E-state index contributed by atoms with van der Waals surface area (Å²) in [5, 5.41) is 0. The second kappa shape index (κ2) is 6.99. The molecule has 24 heavy (non-hydrogen) atoms. The summed E-state index contributed by atoms with van der Waals surface area (Å²) < 4.78 is 40.1. The molecule has 0 N–H and O–H groups in total. The number of halogens is 5. The van der Waals surface area contributed by atoms with Crippen molar-refractivity contribution >= 4 is 29.0 Å². The first-order valence-electron chi connectivity index (χ1n) is 6.89. The molecule has 0 aliphatic carbocycles. The van der Waals surface area contributed by atoms with Gasteiger partial charge < -0.3 is 4.57 Å². The number of carbonyl (C=O) groups excluding carboxylic acids is 1. The molecule has 8 heteroatoms. The van der Waals surface area contributed by atoms with E-state index in [0.29, 0.717) is 6.54 Å². The number of alkyl halides is 5. The van der Waals surface area contributed by atoms with E-state index in [4.69, 9.17) is 23.2 Å². The van der Waals surface area contributed by atoms with Gasteiger partial charge in [-0.05, 0) is 24.6 Å². The molecule has 0 unspecified atom stereocenters. The highest BCUT2D eigenvalue weighted by atomic mass is 35.5. The van der Waals surface area contributed by atoms with E-state index in [1.165, 1.54) is 29.1 Å². The van der Waals surface area contributed by atoms with Gasteiger partial charge in [-0.25, -0.2) is 0 Å². The minimum Gasteiger partial charge on any atom is -0.353 e. The number of pyridine rings is 1. The molecule has 0 saturated heterocycles. The quantitative estimate of drug-likeness (QED) is 0.579. The molecule has 2 aromatic rings. The zero-order valence-electron chi connectivity index (χ0n) is 12.4. The predicted octanol–water partition coefficient (Wildman–Crippen LogP) is 4.54. The molecular formula is C16H12Cl2F3NO2. The fourth-order valence-electron chi connectivity index (χ4n) is 2.18. The number of Topliss-reactive ketones (excluding diaryl/α,β-unsaturated/α-hetero) is 1. The Balaban J connectivity index is 2.69. The lowest BCUT2D eigenvalue weighted by molar-refractivity contribution is -0.137. The van der Waals surface area contributed by atoms with Crippen LogP contribution in [0.2, 0.25) is 0 Å². The molecule has 3 nitrogen and oxygen atoms in total. The molecule has 0 saturated carbocycles. The number of carbonyl (C=O) groups is 1. The van der Waals surface area contributed by atoms with Crippen molar-refractivity contribution in [3.05, 3.63) is 58.0 Å². The zero-order chi connectivity index (χ0) is 18.1. The highest BCUT2D eigenvalue weighted by molar-refractivity contribution is 6.55. The van der Waals surface area contributed by atoms with E-state index in [2.05, 4.69) is 0 Å². The van der Waals surface area contributed by atoms with Crippen LogP contribution in [-0.2, 0) is 12.7 Å². The maximum Gasteiger partial charge on any atom is 0.416 e. The number of aryl methyl sites for hydroxylation is 1. The lowest BCUT2D eigenvalue weighted by Crippen LogP contribution is -2.23. The molecule has 0 fully saturated rings. The summed E-state index contributed by atoms with van der Waals surface area (Å²) in [6.07, 6.45) is -1.85. The predicted molar refractivity (Wildman–Crippen MR) is 86.6 cm³/mol. The van der Waals surface area contributed by atoms with Crippen molar-refractivity contribution in [1.29, 1.82) is 0 Å². The first-order chi connectivity index (χ1) is 11.1. The molecule has 128 valence electrons. The minimum absolute atomic E-state index is 0.0252. The van der Waals surface area contributed by atoms with Gasteiger partial charge in [-0.3, -0.25) is 9.59 Å². The van der Waals surface area contributed by atoms with Crippen LogP contribution in [0.25, 0.3) is 11.1 Å². The minimum atomic E-state index is -4.54. The Hall–Kier alpha value is -1.79. The van der Waals surface area contributed by atoms with Gasteiger partial charge in [-0.1, -0.05) is 35.3 Å². The van der Waals surface area contributed by atoms with Gasteiger partial charge in [0, 0.05) is 24.5 Å². The van der Waals surface area contributed by atoms with Gasteiger partial charge in [0.1, 0.15) is 0 Å². The average Bonchev–Trinajstić information content (AvgIpc) is 2.53. The maximum absolute atomic E-state index is 12.9. The normalized spacial score (nSPS) is 11.8. The van der Waals surface area contributed by atoms with Crippen LogP contribution < -0.4 is 5.43 Å². The fraction of sp³-hybridized carbons (Fsp3) is 0.250. The topological polar surface area (TPSA) is 39.1 Å².